The molecule has 3 N–H and O–H groups in total. The Kier molecular flexibility index (Phi) is 9.96. The van der Waals surface area contributed by atoms with Crippen LogP contribution in [0.25, 0.3) is 11.0 Å². The van der Waals surface area contributed by atoms with Crippen molar-refractivity contribution in [1.29, 1.82) is 0 Å². The van der Waals surface area contributed by atoms with E-state index in [2.05, 4.69) is 27.3 Å². The highest BCUT2D eigenvalue weighted by molar-refractivity contribution is 5.87. The first kappa shape index (κ1) is 27.1. The molecule has 1 saturated heterocycles. The number of H-pyrrole nitrogens is 1. The van der Waals surface area contributed by atoms with Gasteiger partial charge in [0, 0.05) is 37.7 Å². The predicted molar refractivity (Wildman–Crippen MR) is 146 cm³/mol. The molecule has 4 rings (SSSR count). The standard InChI is InChI=1S/C28H42N6O3/c1-4-5-10-25-30-26-23(9-7-6-8-15-34-16-13-21(35)14-17-34)32-33-27(26)28(31-25)29-19-20-11-12-22(36-2)18-24(20)37-3/h11-12,18,21,35H,4-10,13-17,19H2,1-3H3,(H,32,33)(H,29,30,31). The summed E-state index contributed by atoms with van der Waals surface area (Å²) in [6, 6.07) is 5.83. The maximum Gasteiger partial charge on any atom is 0.158 e. The first-order valence-corrected chi connectivity index (χ1v) is 13.7. The quantitative estimate of drug-likeness (QED) is 0.272. The van der Waals surface area contributed by atoms with E-state index in [1.54, 1.807) is 14.2 Å². The van der Waals surface area contributed by atoms with Crippen LogP contribution < -0.4 is 14.8 Å². The molecule has 3 heterocycles. The van der Waals surface area contributed by atoms with Gasteiger partial charge in [0.15, 0.2) is 11.3 Å². The number of aliphatic hydroxyl groups excluding tert-OH is 1. The summed E-state index contributed by atoms with van der Waals surface area (Å²) in [5.41, 5.74) is 3.82. The Balaban J connectivity index is 1.41. The van der Waals surface area contributed by atoms with Gasteiger partial charge in [-0.3, -0.25) is 5.10 Å². The zero-order valence-corrected chi connectivity index (χ0v) is 22.6. The van der Waals surface area contributed by atoms with E-state index in [-0.39, 0.29) is 6.10 Å². The normalized spacial score (nSPS) is 14.8. The number of aryl methyl sites for hydroxylation is 2. The second kappa shape index (κ2) is 13.6. The maximum absolute atomic E-state index is 9.69. The monoisotopic (exact) mass is 510 g/mol. The van der Waals surface area contributed by atoms with Gasteiger partial charge in [-0.1, -0.05) is 19.8 Å². The van der Waals surface area contributed by atoms with Crippen molar-refractivity contribution in [3.8, 4) is 11.5 Å². The molecule has 1 aliphatic rings. The van der Waals surface area contributed by atoms with Crippen molar-refractivity contribution in [3.05, 3.63) is 35.3 Å². The summed E-state index contributed by atoms with van der Waals surface area (Å²) < 4.78 is 10.9. The number of likely N-dealkylation sites (tertiary alicyclic amines) is 1. The Morgan fingerprint density at radius 2 is 1.86 bits per heavy atom. The lowest BCUT2D eigenvalue weighted by molar-refractivity contribution is 0.0818. The molecule has 9 nitrogen and oxygen atoms in total. The van der Waals surface area contributed by atoms with Crippen LogP contribution in [0.5, 0.6) is 11.5 Å². The highest BCUT2D eigenvalue weighted by atomic mass is 16.5. The zero-order valence-electron chi connectivity index (χ0n) is 22.6. The van der Waals surface area contributed by atoms with Crippen LogP contribution in [-0.2, 0) is 19.4 Å². The molecule has 2 aromatic heterocycles. The van der Waals surface area contributed by atoms with E-state index in [0.29, 0.717) is 6.54 Å². The van der Waals surface area contributed by atoms with Crippen molar-refractivity contribution in [3.63, 3.8) is 0 Å². The maximum atomic E-state index is 9.69. The largest absolute Gasteiger partial charge is 0.497 e. The number of aromatic nitrogens is 4. The topological polar surface area (TPSA) is 108 Å². The number of anilines is 1. The number of piperidine rings is 1. The van der Waals surface area contributed by atoms with Crippen LogP contribution in [0.3, 0.4) is 0 Å². The molecule has 1 fully saturated rings. The van der Waals surface area contributed by atoms with Crippen LogP contribution in [0, 0.1) is 0 Å². The van der Waals surface area contributed by atoms with E-state index >= 15 is 0 Å². The van der Waals surface area contributed by atoms with Gasteiger partial charge >= 0.3 is 0 Å². The van der Waals surface area contributed by atoms with Crippen molar-refractivity contribution in [1.82, 2.24) is 25.1 Å². The average Bonchev–Trinajstić information content (AvgIpc) is 3.34. The summed E-state index contributed by atoms with van der Waals surface area (Å²) in [5, 5.41) is 21.0. The number of rotatable bonds is 14. The first-order chi connectivity index (χ1) is 18.1. The smallest absolute Gasteiger partial charge is 0.158 e. The van der Waals surface area contributed by atoms with Gasteiger partial charge in [0.2, 0.25) is 0 Å². The van der Waals surface area contributed by atoms with E-state index in [0.717, 1.165) is 116 Å². The summed E-state index contributed by atoms with van der Waals surface area (Å²) in [6.45, 7) is 5.89. The van der Waals surface area contributed by atoms with Crippen molar-refractivity contribution in [2.75, 3.05) is 39.2 Å². The van der Waals surface area contributed by atoms with Gasteiger partial charge in [-0.15, -0.1) is 0 Å². The Bertz CT molecular complexity index is 1130. The van der Waals surface area contributed by atoms with Gasteiger partial charge in [-0.05, 0) is 57.2 Å². The van der Waals surface area contributed by atoms with Crippen molar-refractivity contribution >= 4 is 16.9 Å². The lowest BCUT2D eigenvalue weighted by Crippen LogP contribution is -2.36. The van der Waals surface area contributed by atoms with Gasteiger partial charge in [0.05, 0.1) is 26.0 Å². The van der Waals surface area contributed by atoms with Gasteiger partial charge in [-0.2, -0.15) is 5.10 Å². The second-order valence-corrected chi connectivity index (χ2v) is 9.91. The number of aromatic amines is 1. The first-order valence-electron chi connectivity index (χ1n) is 13.7. The van der Waals surface area contributed by atoms with E-state index < -0.39 is 0 Å². The van der Waals surface area contributed by atoms with Gasteiger partial charge in [0.1, 0.15) is 22.8 Å². The van der Waals surface area contributed by atoms with Crippen LogP contribution in [-0.4, -0.2) is 70.1 Å². The molecule has 0 amide bonds. The van der Waals surface area contributed by atoms with E-state index in [4.69, 9.17) is 19.4 Å². The van der Waals surface area contributed by atoms with Crippen LogP contribution in [0.15, 0.2) is 18.2 Å². The summed E-state index contributed by atoms with van der Waals surface area (Å²) in [7, 11) is 3.32. The Morgan fingerprint density at radius 3 is 2.62 bits per heavy atom. The predicted octanol–water partition coefficient (Wildman–Crippen LogP) is 4.49. The molecule has 9 heteroatoms. The molecule has 1 aliphatic heterocycles. The van der Waals surface area contributed by atoms with E-state index in [1.807, 2.05) is 18.2 Å². The lowest BCUT2D eigenvalue weighted by atomic mass is 10.1. The summed E-state index contributed by atoms with van der Waals surface area (Å²) in [4.78, 5) is 12.2. The minimum Gasteiger partial charge on any atom is -0.497 e. The third-order valence-electron chi connectivity index (χ3n) is 7.17. The van der Waals surface area contributed by atoms with E-state index in [9.17, 15) is 5.11 Å². The number of hydrogen-bond acceptors (Lipinski definition) is 8. The SMILES string of the molecule is CCCCc1nc(NCc2ccc(OC)cc2OC)c2n[nH]c(CCCCCN3CCC(O)CC3)c2n1. The molecule has 0 radical (unpaired) electrons. The summed E-state index contributed by atoms with van der Waals surface area (Å²) >= 11 is 0. The molecule has 37 heavy (non-hydrogen) atoms. The number of aliphatic hydroxyl groups is 1. The molecular formula is C28H42N6O3. The summed E-state index contributed by atoms with van der Waals surface area (Å²) in [5.74, 6) is 3.14. The molecular weight excluding hydrogens is 468 g/mol. The molecule has 3 aromatic rings. The number of benzene rings is 1. The lowest BCUT2D eigenvalue weighted by Gasteiger charge is -2.29. The third kappa shape index (κ3) is 7.32. The zero-order chi connectivity index (χ0) is 26.0. The Morgan fingerprint density at radius 1 is 1.03 bits per heavy atom. The van der Waals surface area contributed by atoms with Crippen molar-refractivity contribution < 1.29 is 14.6 Å². The second-order valence-electron chi connectivity index (χ2n) is 9.91. The Hall–Kier alpha value is -2.91. The highest BCUT2D eigenvalue weighted by Gasteiger charge is 2.17. The van der Waals surface area contributed by atoms with Crippen LogP contribution >= 0.6 is 0 Å². The molecule has 1 aromatic carbocycles. The molecule has 0 spiro atoms. The molecule has 0 atom stereocenters. The van der Waals surface area contributed by atoms with Crippen molar-refractivity contribution in [2.45, 2.75) is 77.4 Å². The fraction of sp³-hybridized carbons (Fsp3) is 0.607. The minimum atomic E-state index is -0.105. The number of ether oxygens (including phenoxy) is 2. The van der Waals surface area contributed by atoms with Gasteiger partial charge < -0.3 is 24.8 Å². The summed E-state index contributed by atoms with van der Waals surface area (Å²) in [6.07, 6.45) is 9.06. The molecule has 0 bridgehead atoms. The fourth-order valence-electron chi connectivity index (χ4n) is 4.87. The highest BCUT2D eigenvalue weighted by Crippen LogP contribution is 2.27. The number of fused-ring (bicyclic) bond motifs is 1. The van der Waals surface area contributed by atoms with Gasteiger partial charge in [-0.25, -0.2) is 9.97 Å². The number of unbranched alkanes of at least 4 members (excludes halogenated alkanes) is 3. The molecule has 0 saturated carbocycles. The number of methoxy groups -OCH3 is 2. The molecule has 202 valence electrons. The van der Waals surface area contributed by atoms with Crippen LogP contribution in [0.2, 0.25) is 0 Å². The molecule has 0 unspecified atom stereocenters. The molecule has 0 aliphatic carbocycles. The number of nitrogens with one attached hydrogen (secondary N) is 2. The average molecular weight is 511 g/mol. The van der Waals surface area contributed by atoms with Gasteiger partial charge in [0.25, 0.3) is 0 Å². The van der Waals surface area contributed by atoms with E-state index in [1.165, 1.54) is 6.42 Å². The Labute approximate surface area is 220 Å². The minimum absolute atomic E-state index is 0.105. The van der Waals surface area contributed by atoms with Crippen LogP contribution in [0.4, 0.5) is 5.82 Å². The third-order valence-corrected chi connectivity index (χ3v) is 7.17. The fourth-order valence-corrected chi connectivity index (χ4v) is 4.87. The van der Waals surface area contributed by atoms with Crippen LogP contribution in [0.1, 0.15) is 69.0 Å². The van der Waals surface area contributed by atoms with Crippen molar-refractivity contribution in [2.24, 2.45) is 0 Å². The number of nitrogens with zero attached hydrogens (tertiary/aromatic N) is 4. The number of hydrogen-bond donors (Lipinski definition) is 3.